The summed E-state index contributed by atoms with van der Waals surface area (Å²) in [7, 11) is 0. The van der Waals surface area contributed by atoms with Gasteiger partial charge in [0.05, 0.1) is 23.9 Å². The number of amides is 2. The van der Waals surface area contributed by atoms with Gasteiger partial charge >= 0.3 is 0 Å². The van der Waals surface area contributed by atoms with Crippen LogP contribution >= 0.6 is 0 Å². The molecule has 0 bridgehead atoms. The third kappa shape index (κ3) is 5.67. The van der Waals surface area contributed by atoms with Gasteiger partial charge in [0.1, 0.15) is 0 Å². The molecule has 0 aliphatic heterocycles. The van der Waals surface area contributed by atoms with Gasteiger partial charge < -0.3 is 20.8 Å². The summed E-state index contributed by atoms with van der Waals surface area (Å²) in [5, 5.41) is 23.1. The van der Waals surface area contributed by atoms with E-state index in [4.69, 9.17) is 9.90 Å². The number of carbonyl (C=O) groups is 3. The number of aliphatic hydroxyl groups excluding tert-OH is 1. The van der Waals surface area contributed by atoms with Gasteiger partial charge in [0.15, 0.2) is 5.82 Å². The summed E-state index contributed by atoms with van der Waals surface area (Å²) >= 11 is 0. The molecule has 0 spiro atoms. The zero-order valence-electron chi connectivity index (χ0n) is 17.4. The van der Waals surface area contributed by atoms with Crippen molar-refractivity contribution in [2.45, 2.75) is 50.3 Å². The minimum absolute atomic E-state index is 0.0492. The van der Waals surface area contributed by atoms with E-state index in [2.05, 4.69) is 27.8 Å². The number of nitrogens with one attached hydrogen (secondary N) is 2. The first-order valence-electron chi connectivity index (χ1n) is 10.5. The normalized spacial score (nSPS) is 22.1. The van der Waals surface area contributed by atoms with Crippen LogP contribution in [0.5, 0.6) is 0 Å². The predicted octanol–water partition coefficient (Wildman–Crippen LogP) is 1.46. The maximum Gasteiger partial charge on any atom is 0.290 e. The smallest absolute Gasteiger partial charge is 0.290 e. The van der Waals surface area contributed by atoms with E-state index in [1.807, 2.05) is 12.1 Å². The Kier molecular flexibility index (Phi) is 7.88. The van der Waals surface area contributed by atoms with Gasteiger partial charge in [-0.1, -0.05) is 24.3 Å². The zero-order valence-corrected chi connectivity index (χ0v) is 17.4. The molecule has 1 aromatic heterocycles. The van der Waals surface area contributed by atoms with E-state index in [-0.39, 0.29) is 36.3 Å². The molecule has 2 aromatic rings. The fraction of sp³-hybridized carbons (Fsp3) is 0.391. The highest BCUT2D eigenvalue weighted by atomic mass is 19.1. The fourth-order valence-corrected chi connectivity index (χ4v) is 4.34. The molecule has 170 valence electrons. The molecule has 1 aromatic carbocycles. The average molecular weight is 443 g/mol. The van der Waals surface area contributed by atoms with Crippen LogP contribution < -0.4 is 10.6 Å². The van der Waals surface area contributed by atoms with Gasteiger partial charge in [-0.05, 0) is 49.3 Å². The molecule has 32 heavy (non-hydrogen) atoms. The second-order valence-electron chi connectivity index (χ2n) is 8.00. The summed E-state index contributed by atoms with van der Waals surface area (Å²) in [5.74, 6) is -1.63. The van der Waals surface area contributed by atoms with Gasteiger partial charge in [0, 0.05) is 18.2 Å². The number of pyridine rings is 1. The van der Waals surface area contributed by atoms with E-state index in [9.17, 15) is 19.1 Å². The van der Waals surface area contributed by atoms with Gasteiger partial charge in [-0.15, -0.1) is 0 Å². The first-order valence-corrected chi connectivity index (χ1v) is 10.5. The number of rotatable bonds is 4. The van der Waals surface area contributed by atoms with Gasteiger partial charge in [-0.25, -0.2) is 4.39 Å². The fourth-order valence-electron chi connectivity index (χ4n) is 4.34. The lowest BCUT2D eigenvalue weighted by Gasteiger charge is -2.33. The van der Waals surface area contributed by atoms with Crippen molar-refractivity contribution in [1.82, 2.24) is 15.6 Å². The maximum atomic E-state index is 13.7. The first-order chi connectivity index (χ1) is 15.4. The summed E-state index contributed by atoms with van der Waals surface area (Å²) in [6.45, 7) is -0.250. The first kappa shape index (κ1) is 23.3. The number of halogens is 1. The van der Waals surface area contributed by atoms with Gasteiger partial charge in [-0.3, -0.25) is 19.4 Å². The second-order valence-corrected chi connectivity index (χ2v) is 8.00. The van der Waals surface area contributed by atoms with Crippen LogP contribution in [0.2, 0.25) is 0 Å². The third-order valence-electron chi connectivity index (χ3n) is 5.92. The lowest BCUT2D eigenvalue weighted by molar-refractivity contribution is -0.128. The molecule has 1 fully saturated rings. The Bertz CT molecular complexity index is 945. The van der Waals surface area contributed by atoms with Gasteiger partial charge in [-0.2, -0.15) is 0 Å². The Labute approximate surface area is 184 Å². The van der Waals surface area contributed by atoms with E-state index in [0.29, 0.717) is 12.8 Å². The molecule has 9 heteroatoms. The molecular formula is C23H26FN3O5. The number of hydrogen-bond donors (Lipinski definition) is 4. The zero-order chi connectivity index (χ0) is 23.1. The van der Waals surface area contributed by atoms with Crippen molar-refractivity contribution in [2.24, 2.45) is 5.92 Å². The number of nitrogens with zero attached hydrogens (tertiary/aromatic N) is 1. The Morgan fingerprint density at radius 1 is 1.09 bits per heavy atom. The number of benzene rings is 1. The highest BCUT2D eigenvalue weighted by Gasteiger charge is 2.35. The Morgan fingerprint density at radius 3 is 2.34 bits per heavy atom. The van der Waals surface area contributed by atoms with Crippen molar-refractivity contribution in [2.75, 3.05) is 0 Å². The van der Waals surface area contributed by atoms with Crippen LogP contribution in [0.25, 0.3) is 0 Å². The number of hydrogen-bond acceptors (Lipinski definition) is 5. The average Bonchev–Trinajstić information content (AvgIpc) is 3.18. The quantitative estimate of drug-likeness (QED) is 0.530. The molecule has 1 heterocycles. The summed E-state index contributed by atoms with van der Waals surface area (Å²) in [6, 6.07) is 9.07. The highest BCUT2D eigenvalue weighted by Crippen LogP contribution is 2.27. The summed E-state index contributed by atoms with van der Waals surface area (Å²) in [6.07, 6.45) is 4.42. The van der Waals surface area contributed by atoms with Crippen LogP contribution in [-0.4, -0.2) is 51.7 Å². The minimum Gasteiger partial charge on any atom is -0.483 e. The summed E-state index contributed by atoms with van der Waals surface area (Å²) in [4.78, 5) is 36.9. The molecule has 0 radical (unpaired) electrons. The number of aliphatic hydroxyl groups is 1. The van der Waals surface area contributed by atoms with Gasteiger partial charge in [0.25, 0.3) is 12.4 Å². The van der Waals surface area contributed by atoms with E-state index in [0.717, 1.165) is 19.0 Å². The monoisotopic (exact) mass is 443 g/mol. The van der Waals surface area contributed by atoms with Crippen molar-refractivity contribution in [3.63, 3.8) is 0 Å². The van der Waals surface area contributed by atoms with Crippen molar-refractivity contribution in [1.29, 1.82) is 0 Å². The largest absolute Gasteiger partial charge is 0.483 e. The molecule has 0 saturated heterocycles. The number of aromatic nitrogens is 1. The van der Waals surface area contributed by atoms with Crippen molar-refractivity contribution < 1.29 is 29.0 Å². The summed E-state index contributed by atoms with van der Waals surface area (Å²) in [5.41, 5.74) is 2.44. The lowest BCUT2D eigenvalue weighted by Crippen LogP contribution is -2.50. The van der Waals surface area contributed by atoms with E-state index >= 15 is 0 Å². The minimum atomic E-state index is -0.853. The number of carbonyl (C=O) groups excluding carboxylic acids is 2. The molecule has 2 aliphatic rings. The molecule has 2 aliphatic carbocycles. The molecule has 0 unspecified atom stereocenters. The molecule has 8 nitrogen and oxygen atoms in total. The number of fused-ring (bicyclic) bond motifs is 1. The van der Waals surface area contributed by atoms with Crippen LogP contribution in [0.3, 0.4) is 0 Å². The highest BCUT2D eigenvalue weighted by molar-refractivity contribution is 5.94. The molecule has 4 rings (SSSR count). The predicted molar refractivity (Wildman–Crippen MR) is 113 cm³/mol. The summed E-state index contributed by atoms with van der Waals surface area (Å²) < 4.78 is 13.7. The standard InChI is InChI=1S/C22H24FN3O3.CH2O2/c23-18-12-24-8-7-17(18)22(29)26-19-6-5-15(11-20(19)27)21(28)25-16-9-13-3-1-2-4-14(13)10-16;2-1-3/h1-4,7-8,12,15-16,19-20,27H,5-6,9-11H2,(H,25,28)(H,26,29);1H,(H,2,3)/t15-,19-,20-;/m0./s1. The van der Waals surface area contributed by atoms with Gasteiger partial charge in [0.2, 0.25) is 5.91 Å². The van der Waals surface area contributed by atoms with Crippen LogP contribution in [0, 0.1) is 11.7 Å². The molecule has 4 N–H and O–H groups in total. The van der Waals surface area contributed by atoms with E-state index in [1.54, 1.807) is 0 Å². The third-order valence-corrected chi connectivity index (χ3v) is 5.92. The molecular weight excluding hydrogens is 417 g/mol. The van der Waals surface area contributed by atoms with E-state index < -0.39 is 23.9 Å². The Hall–Kier alpha value is -3.33. The Morgan fingerprint density at radius 2 is 1.75 bits per heavy atom. The topological polar surface area (TPSA) is 129 Å². The maximum absolute atomic E-state index is 13.7. The number of carboxylic acid groups (broad SMARTS) is 1. The van der Waals surface area contributed by atoms with Crippen molar-refractivity contribution >= 4 is 18.3 Å². The lowest BCUT2D eigenvalue weighted by atomic mass is 9.83. The molecule has 1 saturated carbocycles. The molecule has 2 amide bonds. The van der Waals surface area contributed by atoms with Crippen LogP contribution in [0.1, 0.15) is 40.7 Å². The van der Waals surface area contributed by atoms with Crippen molar-refractivity contribution in [3.05, 3.63) is 65.2 Å². The second kappa shape index (κ2) is 10.8. The SMILES string of the molecule is O=C(N[C@H]1CC[C@H](C(=O)NC2Cc3ccccc3C2)C[C@@H]1O)c1ccncc1F.O=CO. The van der Waals surface area contributed by atoms with E-state index in [1.165, 1.54) is 23.4 Å². The van der Waals surface area contributed by atoms with Crippen LogP contribution in [0.4, 0.5) is 4.39 Å². The van der Waals surface area contributed by atoms with Crippen molar-refractivity contribution in [3.8, 4) is 0 Å². The van der Waals surface area contributed by atoms with Crippen LogP contribution in [0.15, 0.2) is 42.7 Å². The molecule has 3 atom stereocenters. The Balaban J connectivity index is 0.000000913. The van der Waals surface area contributed by atoms with Crippen LogP contribution in [-0.2, 0) is 22.4 Å².